The second-order valence-corrected chi connectivity index (χ2v) is 7.12. The molecule has 3 rings (SSSR count). The lowest BCUT2D eigenvalue weighted by atomic mass is 10.2. The van der Waals surface area contributed by atoms with Crippen LogP contribution in [0.4, 0.5) is 0 Å². The summed E-state index contributed by atoms with van der Waals surface area (Å²) in [6.07, 6.45) is 4.68. The Labute approximate surface area is 152 Å². The average molecular weight is 360 g/mol. The first-order valence-corrected chi connectivity index (χ1v) is 9.62. The molecule has 1 aromatic carbocycles. The molecule has 0 atom stereocenters. The van der Waals surface area contributed by atoms with Gasteiger partial charge in [-0.15, -0.1) is 10.2 Å². The maximum absolute atomic E-state index is 12.4. The molecule has 1 aromatic heterocycles. The first kappa shape index (κ1) is 17.8. The van der Waals surface area contributed by atoms with Crippen molar-refractivity contribution in [2.24, 2.45) is 7.05 Å². The lowest BCUT2D eigenvalue weighted by molar-refractivity contribution is -0.128. The Morgan fingerprint density at radius 2 is 1.96 bits per heavy atom. The smallest absolute Gasteiger partial charge is 0.233 e. The van der Waals surface area contributed by atoms with E-state index >= 15 is 0 Å². The number of rotatable bonds is 5. The predicted molar refractivity (Wildman–Crippen MR) is 98.8 cm³/mol. The van der Waals surface area contributed by atoms with Gasteiger partial charge in [0.05, 0.1) is 12.9 Å². The summed E-state index contributed by atoms with van der Waals surface area (Å²) in [5.74, 6) is 2.15. The number of hydrogen-bond acceptors (Lipinski definition) is 5. The molecule has 2 aromatic rings. The third-order valence-electron chi connectivity index (χ3n) is 4.45. The van der Waals surface area contributed by atoms with Crippen molar-refractivity contribution in [2.75, 3.05) is 26.0 Å². The van der Waals surface area contributed by atoms with Crippen LogP contribution in [0.25, 0.3) is 11.4 Å². The Morgan fingerprint density at radius 3 is 2.68 bits per heavy atom. The summed E-state index contributed by atoms with van der Waals surface area (Å²) in [7, 11) is 3.57. The minimum Gasteiger partial charge on any atom is -0.497 e. The molecule has 2 heterocycles. The molecule has 0 radical (unpaired) electrons. The van der Waals surface area contributed by atoms with Crippen molar-refractivity contribution >= 4 is 17.7 Å². The van der Waals surface area contributed by atoms with E-state index in [9.17, 15) is 4.79 Å². The highest BCUT2D eigenvalue weighted by Crippen LogP contribution is 2.25. The van der Waals surface area contributed by atoms with Crippen LogP contribution in [0.3, 0.4) is 0 Å². The molecule has 1 aliphatic rings. The quantitative estimate of drug-likeness (QED) is 0.767. The van der Waals surface area contributed by atoms with Gasteiger partial charge in [0.2, 0.25) is 5.91 Å². The van der Waals surface area contributed by atoms with Crippen LogP contribution in [-0.2, 0) is 11.8 Å². The molecule has 7 heteroatoms. The van der Waals surface area contributed by atoms with Crippen LogP contribution in [0, 0.1) is 0 Å². The Hall–Kier alpha value is -2.02. The monoisotopic (exact) mass is 360 g/mol. The first-order valence-electron chi connectivity index (χ1n) is 8.63. The number of carbonyl (C=O) groups excluding carboxylic acids is 1. The molecule has 1 saturated heterocycles. The van der Waals surface area contributed by atoms with Crippen LogP contribution in [0.15, 0.2) is 29.4 Å². The topological polar surface area (TPSA) is 60.3 Å². The van der Waals surface area contributed by atoms with E-state index < -0.39 is 0 Å². The second kappa shape index (κ2) is 8.38. The van der Waals surface area contributed by atoms with Crippen LogP contribution in [-0.4, -0.2) is 51.5 Å². The lowest BCUT2D eigenvalue weighted by Gasteiger charge is -2.19. The van der Waals surface area contributed by atoms with Gasteiger partial charge in [-0.3, -0.25) is 4.79 Å². The van der Waals surface area contributed by atoms with E-state index in [0.29, 0.717) is 5.75 Å². The van der Waals surface area contributed by atoms with Gasteiger partial charge in [-0.1, -0.05) is 36.7 Å². The summed E-state index contributed by atoms with van der Waals surface area (Å²) >= 11 is 1.45. The first-order chi connectivity index (χ1) is 12.2. The van der Waals surface area contributed by atoms with Crippen molar-refractivity contribution in [3.8, 4) is 17.1 Å². The van der Waals surface area contributed by atoms with Gasteiger partial charge in [0.15, 0.2) is 11.0 Å². The lowest BCUT2D eigenvalue weighted by Crippen LogP contribution is -2.33. The summed E-state index contributed by atoms with van der Waals surface area (Å²) in [5.41, 5.74) is 0.944. The van der Waals surface area contributed by atoms with E-state index in [-0.39, 0.29) is 5.91 Å². The predicted octanol–water partition coefficient (Wildman–Crippen LogP) is 2.99. The number of hydrogen-bond donors (Lipinski definition) is 0. The standard InChI is InChI=1S/C18H24N4O2S/c1-21-17(14-8-7-9-15(12-14)24-2)19-20-18(21)25-13-16(23)22-10-5-3-4-6-11-22/h7-9,12H,3-6,10-11,13H2,1-2H3. The second-order valence-electron chi connectivity index (χ2n) is 6.18. The summed E-state index contributed by atoms with van der Waals surface area (Å²) in [6.45, 7) is 1.76. The molecule has 1 fully saturated rings. The van der Waals surface area contributed by atoms with Crippen molar-refractivity contribution in [3.63, 3.8) is 0 Å². The van der Waals surface area contributed by atoms with Gasteiger partial charge < -0.3 is 14.2 Å². The van der Waals surface area contributed by atoms with Gasteiger partial charge in [0.25, 0.3) is 0 Å². The van der Waals surface area contributed by atoms with E-state index in [4.69, 9.17) is 4.74 Å². The fourth-order valence-electron chi connectivity index (χ4n) is 2.99. The molecular formula is C18H24N4O2S. The fourth-order valence-corrected chi connectivity index (χ4v) is 3.81. The third kappa shape index (κ3) is 4.34. The Morgan fingerprint density at radius 1 is 1.20 bits per heavy atom. The summed E-state index contributed by atoms with van der Waals surface area (Å²) in [4.78, 5) is 14.4. The van der Waals surface area contributed by atoms with Crippen LogP contribution >= 0.6 is 11.8 Å². The number of thioether (sulfide) groups is 1. The highest BCUT2D eigenvalue weighted by atomic mass is 32.2. The summed E-state index contributed by atoms with van der Waals surface area (Å²) < 4.78 is 7.19. The van der Waals surface area contributed by atoms with E-state index in [1.807, 2.05) is 40.8 Å². The maximum Gasteiger partial charge on any atom is 0.233 e. The molecule has 0 aliphatic carbocycles. The number of ether oxygens (including phenoxy) is 1. The number of amides is 1. The third-order valence-corrected chi connectivity index (χ3v) is 5.45. The van der Waals surface area contributed by atoms with Gasteiger partial charge in [-0.05, 0) is 25.0 Å². The van der Waals surface area contributed by atoms with Gasteiger partial charge in [-0.25, -0.2) is 0 Å². The molecule has 0 saturated carbocycles. The molecule has 1 aliphatic heterocycles. The normalized spacial score (nSPS) is 15.0. The van der Waals surface area contributed by atoms with Gasteiger partial charge in [-0.2, -0.15) is 0 Å². The molecule has 134 valence electrons. The maximum atomic E-state index is 12.4. The van der Waals surface area contributed by atoms with Crippen molar-refractivity contribution in [1.82, 2.24) is 19.7 Å². The number of aromatic nitrogens is 3. The molecule has 6 nitrogen and oxygen atoms in total. The Kier molecular flexibility index (Phi) is 5.96. The zero-order valence-electron chi connectivity index (χ0n) is 14.8. The fraction of sp³-hybridized carbons (Fsp3) is 0.500. The molecule has 0 bridgehead atoms. The Bertz CT molecular complexity index is 724. The summed E-state index contributed by atoms with van der Waals surface area (Å²) in [6, 6.07) is 7.73. The van der Waals surface area contributed by atoms with Crippen molar-refractivity contribution in [1.29, 1.82) is 0 Å². The van der Waals surface area contributed by atoms with E-state index in [2.05, 4.69) is 10.2 Å². The summed E-state index contributed by atoms with van der Waals surface area (Å²) in [5, 5.41) is 9.28. The van der Waals surface area contributed by atoms with Crippen molar-refractivity contribution in [2.45, 2.75) is 30.8 Å². The van der Waals surface area contributed by atoms with Crippen molar-refractivity contribution in [3.05, 3.63) is 24.3 Å². The van der Waals surface area contributed by atoms with Crippen LogP contribution in [0.5, 0.6) is 5.75 Å². The van der Waals surface area contributed by atoms with Crippen LogP contribution in [0.2, 0.25) is 0 Å². The van der Waals surface area contributed by atoms with Crippen LogP contribution in [0.1, 0.15) is 25.7 Å². The Balaban J connectivity index is 1.65. The molecule has 1 amide bonds. The molecule has 0 unspecified atom stereocenters. The zero-order chi connectivity index (χ0) is 17.6. The number of likely N-dealkylation sites (tertiary alicyclic amines) is 1. The highest BCUT2D eigenvalue weighted by Gasteiger charge is 2.18. The van der Waals surface area contributed by atoms with Gasteiger partial charge >= 0.3 is 0 Å². The minimum absolute atomic E-state index is 0.192. The van der Waals surface area contributed by atoms with E-state index in [1.165, 1.54) is 24.6 Å². The van der Waals surface area contributed by atoms with E-state index in [1.54, 1.807) is 7.11 Å². The average Bonchev–Trinajstić information content (AvgIpc) is 2.84. The number of nitrogens with zero attached hydrogens (tertiary/aromatic N) is 4. The largest absolute Gasteiger partial charge is 0.497 e. The molecular weight excluding hydrogens is 336 g/mol. The van der Waals surface area contributed by atoms with Crippen LogP contribution < -0.4 is 4.74 Å². The molecule has 25 heavy (non-hydrogen) atoms. The van der Waals surface area contributed by atoms with Gasteiger partial charge in [0.1, 0.15) is 5.75 Å². The number of benzene rings is 1. The number of carbonyl (C=O) groups is 1. The SMILES string of the molecule is COc1cccc(-c2nnc(SCC(=O)N3CCCCCC3)n2C)c1. The molecule has 0 spiro atoms. The minimum atomic E-state index is 0.192. The zero-order valence-corrected chi connectivity index (χ0v) is 15.6. The highest BCUT2D eigenvalue weighted by molar-refractivity contribution is 7.99. The van der Waals surface area contributed by atoms with Gasteiger partial charge in [0, 0.05) is 25.7 Å². The number of methoxy groups -OCH3 is 1. The van der Waals surface area contributed by atoms with Crippen molar-refractivity contribution < 1.29 is 9.53 Å². The van der Waals surface area contributed by atoms with E-state index in [0.717, 1.165) is 48.2 Å². The molecule has 0 N–H and O–H groups in total.